The van der Waals surface area contributed by atoms with Gasteiger partial charge in [-0.2, -0.15) is 0 Å². The number of nitrogens with one attached hydrogen (secondary N) is 1. The van der Waals surface area contributed by atoms with Crippen molar-refractivity contribution in [2.24, 2.45) is 0 Å². The number of para-hydroxylation sites is 1. The van der Waals surface area contributed by atoms with Crippen LogP contribution in [0.3, 0.4) is 0 Å². The number of carbonyl (C=O) groups is 1. The van der Waals surface area contributed by atoms with E-state index in [9.17, 15) is 4.79 Å². The number of hydrogen-bond donors (Lipinski definition) is 2. The van der Waals surface area contributed by atoms with E-state index < -0.39 is 12.1 Å². The predicted molar refractivity (Wildman–Crippen MR) is 80.1 cm³/mol. The summed E-state index contributed by atoms with van der Waals surface area (Å²) in [7, 11) is 0. The van der Waals surface area contributed by atoms with E-state index in [-0.39, 0.29) is 5.54 Å². The highest BCUT2D eigenvalue weighted by Gasteiger charge is 2.20. The molecule has 0 saturated heterocycles. The molecule has 1 aromatic carbocycles. The van der Waals surface area contributed by atoms with E-state index in [0.717, 1.165) is 11.1 Å². The number of benzene rings is 1. The summed E-state index contributed by atoms with van der Waals surface area (Å²) < 4.78 is 5.71. The summed E-state index contributed by atoms with van der Waals surface area (Å²) in [4.78, 5) is 11.1. The van der Waals surface area contributed by atoms with Gasteiger partial charge in [0.1, 0.15) is 5.75 Å². The highest BCUT2D eigenvalue weighted by atomic mass is 16.5. The van der Waals surface area contributed by atoms with Gasteiger partial charge in [0.15, 0.2) is 6.10 Å². The summed E-state index contributed by atoms with van der Waals surface area (Å²) in [5.41, 5.74) is 1.94. The molecule has 0 bridgehead atoms. The molecule has 0 aromatic heterocycles. The van der Waals surface area contributed by atoms with Gasteiger partial charge in [-0.3, -0.25) is 0 Å². The van der Waals surface area contributed by atoms with Crippen molar-refractivity contribution in [3.63, 3.8) is 0 Å². The molecular weight excluding hydrogens is 254 g/mol. The SMILES string of the molecule is CCC(Oc1c(C)cccc1CNC(C)(C)C)C(=O)O. The molecule has 0 radical (unpaired) electrons. The van der Waals surface area contributed by atoms with Gasteiger partial charge >= 0.3 is 5.97 Å². The van der Waals surface area contributed by atoms with Crippen molar-refractivity contribution in [1.82, 2.24) is 5.32 Å². The lowest BCUT2D eigenvalue weighted by Crippen LogP contribution is -2.35. The summed E-state index contributed by atoms with van der Waals surface area (Å²) in [5, 5.41) is 12.5. The Hall–Kier alpha value is -1.55. The molecule has 1 unspecified atom stereocenters. The van der Waals surface area contributed by atoms with Crippen LogP contribution < -0.4 is 10.1 Å². The number of hydrogen-bond acceptors (Lipinski definition) is 3. The van der Waals surface area contributed by atoms with Crippen molar-refractivity contribution in [1.29, 1.82) is 0 Å². The van der Waals surface area contributed by atoms with Crippen LogP contribution in [0.1, 0.15) is 45.2 Å². The van der Waals surface area contributed by atoms with Gasteiger partial charge in [0, 0.05) is 17.6 Å². The average Bonchev–Trinajstić information content (AvgIpc) is 2.33. The maximum Gasteiger partial charge on any atom is 0.344 e. The fraction of sp³-hybridized carbons (Fsp3) is 0.562. The lowest BCUT2D eigenvalue weighted by molar-refractivity contribution is -0.145. The molecule has 0 spiro atoms. The second-order valence-electron chi connectivity index (χ2n) is 6.02. The van der Waals surface area contributed by atoms with Crippen LogP contribution in [0.4, 0.5) is 0 Å². The third-order valence-electron chi connectivity index (χ3n) is 3.01. The van der Waals surface area contributed by atoms with E-state index in [0.29, 0.717) is 18.7 Å². The molecule has 1 atom stereocenters. The van der Waals surface area contributed by atoms with E-state index in [1.165, 1.54) is 0 Å². The Morgan fingerprint density at radius 3 is 2.55 bits per heavy atom. The summed E-state index contributed by atoms with van der Waals surface area (Å²) in [6.07, 6.45) is -0.361. The average molecular weight is 279 g/mol. The first kappa shape index (κ1) is 16.5. The van der Waals surface area contributed by atoms with Crippen molar-refractivity contribution < 1.29 is 14.6 Å². The summed E-state index contributed by atoms with van der Waals surface area (Å²) in [6, 6.07) is 5.86. The van der Waals surface area contributed by atoms with E-state index in [1.807, 2.05) is 32.0 Å². The lowest BCUT2D eigenvalue weighted by atomic mass is 10.1. The van der Waals surface area contributed by atoms with Gasteiger partial charge in [0.2, 0.25) is 0 Å². The minimum atomic E-state index is -0.925. The largest absolute Gasteiger partial charge is 0.479 e. The third kappa shape index (κ3) is 4.85. The lowest BCUT2D eigenvalue weighted by Gasteiger charge is -2.23. The molecule has 20 heavy (non-hydrogen) atoms. The van der Waals surface area contributed by atoms with Gasteiger partial charge < -0.3 is 15.2 Å². The molecule has 0 aliphatic heterocycles. The topological polar surface area (TPSA) is 58.6 Å². The number of aliphatic carboxylic acids is 1. The van der Waals surface area contributed by atoms with Crippen LogP contribution in [0.2, 0.25) is 0 Å². The maximum atomic E-state index is 11.1. The molecular formula is C16H25NO3. The van der Waals surface area contributed by atoms with Crippen LogP contribution in [0, 0.1) is 6.92 Å². The minimum Gasteiger partial charge on any atom is -0.479 e. The van der Waals surface area contributed by atoms with Crippen molar-refractivity contribution in [2.75, 3.05) is 0 Å². The quantitative estimate of drug-likeness (QED) is 0.840. The van der Waals surface area contributed by atoms with Gasteiger partial charge in [-0.05, 0) is 39.7 Å². The Balaban J connectivity index is 2.96. The second kappa shape index (κ2) is 6.75. The fourth-order valence-corrected chi connectivity index (χ4v) is 1.83. The Morgan fingerprint density at radius 2 is 2.05 bits per heavy atom. The van der Waals surface area contributed by atoms with E-state index in [2.05, 4.69) is 26.1 Å². The Morgan fingerprint density at radius 1 is 1.40 bits per heavy atom. The van der Waals surface area contributed by atoms with Crippen LogP contribution in [0.5, 0.6) is 5.75 Å². The molecule has 112 valence electrons. The maximum absolute atomic E-state index is 11.1. The van der Waals surface area contributed by atoms with Crippen LogP contribution >= 0.6 is 0 Å². The van der Waals surface area contributed by atoms with E-state index in [4.69, 9.17) is 9.84 Å². The number of carboxylic acid groups (broad SMARTS) is 1. The highest BCUT2D eigenvalue weighted by Crippen LogP contribution is 2.25. The summed E-state index contributed by atoms with van der Waals surface area (Å²) in [5.74, 6) is -0.246. The van der Waals surface area contributed by atoms with Gasteiger partial charge in [0.25, 0.3) is 0 Å². The first-order valence-electron chi connectivity index (χ1n) is 6.97. The minimum absolute atomic E-state index is 0.00201. The Bertz CT molecular complexity index is 463. The van der Waals surface area contributed by atoms with Gasteiger partial charge in [-0.25, -0.2) is 4.79 Å². The number of rotatable bonds is 6. The van der Waals surface area contributed by atoms with Crippen molar-refractivity contribution >= 4 is 5.97 Å². The highest BCUT2D eigenvalue weighted by molar-refractivity contribution is 5.72. The zero-order valence-corrected chi connectivity index (χ0v) is 13.0. The number of ether oxygens (including phenoxy) is 1. The van der Waals surface area contributed by atoms with E-state index >= 15 is 0 Å². The summed E-state index contributed by atoms with van der Waals surface area (Å²) >= 11 is 0. The zero-order chi connectivity index (χ0) is 15.3. The first-order valence-corrected chi connectivity index (χ1v) is 6.97. The van der Waals surface area contributed by atoms with Crippen LogP contribution in [-0.2, 0) is 11.3 Å². The summed E-state index contributed by atoms with van der Waals surface area (Å²) in [6.45, 7) is 10.7. The molecule has 0 aliphatic carbocycles. The fourth-order valence-electron chi connectivity index (χ4n) is 1.83. The third-order valence-corrected chi connectivity index (χ3v) is 3.01. The second-order valence-corrected chi connectivity index (χ2v) is 6.02. The molecule has 2 N–H and O–H groups in total. The van der Waals surface area contributed by atoms with Crippen molar-refractivity contribution in [3.8, 4) is 5.75 Å². The Kier molecular flexibility index (Phi) is 5.57. The zero-order valence-electron chi connectivity index (χ0n) is 13.0. The van der Waals surface area contributed by atoms with Crippen molar-refractivity contribution in [2.45, 2.75) is 59.2 Å². The molecule has 1 aromatic rings. The molecule has 4 heteroatoms. The van der Waals surface area contributed by atoms with Gasteiger partial charge in [0.05, 0.1) is 0 Å². The standard InChI is InChI=1S/C16H25NO3/c1-6-13(15(18)19)20-14-11(2)8-7-9-12(14)10-17-16(3,4)5/h7-9,13,17H,6,10H2,1-5H3,(H,18,19). The smallest absolute Gasteiger partial charge is 0.344 e. The van der Waals surface area contributed by atoms with Gasteiger partial charge in [-0.15, -0.1) is 0 Å². The molecule has 0 fully saturated rings. The molecule has 4 nitrogen and oxygen atoms in total. The first-order chi connectivity index (χ1) is 9.24. The molecule has 0 aliphatic rings. The molecule has 0 saturated carbocycles. The number of carboxylic acids is 1. The van der Waals surface area contributed by atoms with E-state index in [1.54, 1.807) is 0 Å². The predicted octanol–water partition coefficient (Wildman–Crippen LogP) is 3.13. The molecule has 0 heterocycles. The normalized spacial score (nSPS) is 13.1. The molecule has 1 rings (SSSR count). The molecule has 0 amide bonds. The van der Waals surface area contributed by atoms with Crippen LogP contribution in [0.25, 0.3) is 0 Å². The van der Waals surface area contributed by atoms with Gasteiger partial charge in [-0.1, -0.05) is 25.1 Å². The van der Waals surface area contributed by atoms with Crippen LogP contribution in [0.15, 0.2) is 18.2 Å². The Labute approximate surface area is 121 Å². The van der Waals surface area contributed by atoms with Crippen molar-refractivity contribution in [3.05, 3.63) is 29.3 Å². The monoisotopic (exact) mass is 279 g/mol. The van der Waals surface area contributed by atoms with Crippen LogP contribution in [-0.4, -0.2) is 22.7 Å². The number of aryl methyl sites for hydroxylation is 1.